The van der Waals surface area contributed by atoms with Crippen LogP contribution in [-0.2, 0) is 12.8 Å². The van der Waals surface area contributed by atoms with Crippen LogP contribution in [0.5, 0.6) is 0 Å². The Morgan fingerprint density at radius 2 is 1.76 bits per heavy atom. The zero-order valence-electron chi connectivity index (χ0n) is 13.6. The van der Waals surface area contributed by atoms with E-state index in [-0.39, 0.29) is 0 Å². The van der Waals surface area contributed by atoms with Gasteiger partial charge in [0.25, 0.3) is 0 Å². The Morgan fingerprint density at radius 1 is 1.05 bits per heavy atom. The Hall–Kier alpha value is -0.860. The van der Waals surface area contributed by atoms with Gasteiger partial charge in [-0.05, 0) is 62.2 Å². The predicted octanol–water partition coefficient (Wildman–Crippen LogP) is 3.25. The molecule has 1 aliphatic carbocycles. The van der Waals surface area contributed by atoms with Crippen molar-refractivity contribution in [2.24, 2.45) is 5.92 Å². The van der Waals surface area contributed by atoms with Gasteiger partial charge in [-0.15, -0.1) is 0 Å². The summed E-state index contributed by atoms with van der Waals surface area (Å²) >= 11 is 0. The number of benzene rings is 1. The van der Waals surface area contributed by atoms with Gasteiger partial charge in [-0.2, -0.15) is 0 Å². The van der Waals surface area contributed by atoms with Crippen LogP contribution >= 0.6 is 0 Å². The van der Waals surface area contributed by atoms with Crippen molar-refractivity contribution in [3.8, 4) is 0 Å². The molecule has 116 valence electrons. The van der Waals surface area contributed by atoms with E-state index in [0.717, 1.165) is 12.0 Å². The molecule has 1 atom stereocenters. The molecule has 1 aromatic rings. The van der Waals surface area contributed by atoms with E-state index in [1.807, 2.05) is 0 Å². The SMILES string of the molecule is CC(C)CN1CCC(NC2CCc3ccccc3C2)CC1. The average Bonchev–Trinajstić information content (AvgIpc) is 2.49. The van der Waals surface area contributed by atoms with Crippen molar-refractivity contribution in [3.05, 3.63) is 35.4 Å². The van der Waals surface area contributed by atoms with Crippen LogP contribution in [0.3, 0.4) is 0 Å². The smallest absolute Gasteiger partial charge is 0.0113 e. The molecule has 0 saturated carbocycles. The molecule has 0 amide bonds. The number of aryl methyl sites for hydroxylation is 1. The molecule has 3 rings (SSSR count). The third kappa shape index (κ3) is 4.08. The first kappa shape index (κ1) is 15.1. The first-order valence-electron chi connectivity index (χ1n) is 8.76. The van der Waals surface area contributed by atoms with Gasteiger partial charge < -0.3 is 10.2 Å². The second kappa shape index (κ2) is 6.93. The summed E-state index contributed by atoms with van der Waals surface area (Å²) < 4.78 is 0. The lowest BCUT2D eigenvalue weighted by Gasteiger charge is -2.36. The highest BCUT2D eigenvalue weighted by molar-refractivity contribution is 5.30. The van der Waals surface area contributed by atoms with Gasteiger partial charge in [0, 0.05) is 18.6 Å². The Morgan fingerprint density at radius 3 is 2.48 bits per heavy atom. The number of piperidine rings is 1. The average molecular weight is 286 g/mol. The van der Waals surface area contributed by atoms with Crippen LogP contribution in [0.15, 0.2) is 24.3 Å². The molecule has 21 heavy (non-hydrogen) atoms. The summed E-state index contributed by atoms with van der Waals surface area (Å²) in [6, 6.07) is 10.4. The molecule has 0 aromatic heterocycles. The van der Waals surface area contributed by atoms with Crippen molar-refractivity contribution >= 4 is 0 Å². The van der Waals surface area contributed by atoms with E-state index in [9.17, 15) is 0 Å². The number of hydrogen-bond donors (Lipinski definition) is 1. The van der Waals surface area contributed by atoms with Gasteiger partial charge in [0.05, 0.1) is 0 Å². The zero-order chi connectivity index (χ0) is 14.7. The third-order valence-corrected chi connectivity index (χ3v) is 5.03. The first-order valence-corrected chi connectivity index (χ1v) is 8.76. The Bertz CT molecular complexity index is 447. The minimum absolute atomic E-state index is 0.696. The molecule has 1 heterocycles. The van der Waals surface area contributed by atoms with Crippen molar-refractivity contribution in [2.75, 3.05) is 19.6 Å². The summed E-state index contributed by atoms with van der Waals surface area (Å²) in [4.78, 5) is 2.64. The van der Waals surface area contributed by atoms with Crippen LogP contribution in [0, 0.1) is 5.92 Å². The maximum atomic E-state index is 3.95. The van der Waals surface area contributed by atoms with Crippen molar-refractivity contribution < 1.29 is 0 Å². The summed E-state index contributed by atoms with van der Waals surface area (Å²) in [6.07, 6.45) is 6.43. The van der Waals surface area contributed by atoms with Gasteiger partial charge in [-0.1, -0.05) is 38.1 Å². The fourth-order valence-corrected chi connectivity index (χ4v) is 3.97. The standard InChI is InChI=1S/C19H30N2/c1-15(2)14-21-11-9-18(10-12-21)20-19-8-7-16-5-3-4-6-17(16)13-19/h3-6,15,18-20H,7-14H2,1-2H3. The van der Waals surface area contributed by atoms with Gasteiger partial charge in [-0.3, -0.25) is 0 Å². The molecule has 1 unspecified atom stereocenters. The molecular formula is C19H30N2. The van der Waals surface area contributed by atoms with E-state index in [1.165, 1.54) is 51.7 Å². The maximum Gasteiger partial charge on any atom is 0.0113 e. The Labute approximate surface area is 129 Å². The molecule has 1 fully saturated rings. The third-order valence-electron chi connectivity index (χ3n) is 5.03. The highest BCUT2D eigenvalue weighted by atomic mass is 15.1. The van der Waals surface area contributed by atoms with Crippen molar-refractivity contribution in [3.63, 3.8) is 0 Å². The van der Waals surface area contributed by atoms with Crippen LogP contribution in [0.25, 0.3) is 0 Å². The molecule has 0 radical (unpaired) electrons. The summed E-state index contributed by atoms with van der Waals surface area (Å²) in [6.45, 7) is 8.47. The van der Waals surface area contributed by atoms with Crippen LogP contribution in [0.1, 0.15) is 44.2 Å². The van der Waals surface area contributed by atoms with Gasteiger partial charge in [-0.25, -0.2) is 0 Å². The summed E-state index contributed by atoms with van der Waals surface area (Å²) in [5.74, 6) is 0.796. The van der Waals surface area contributed by atoms with E-state index < -0.39 is 0 Å². The summed E-state index contributed by atoms with van der Waals surface area (Å²) in [7, 11) is 0. The van der Waals surface area contributed by atoms with Crippen LogP contribution in [0.2, 0.25) is 0 Å². The quantitative estimate of drug-likeness (QED) is 0.914. The number of nitrogens with zero attached hydrogens (tertiary/aromatic N) is 1. The molecule has 0 spiro atoms. The number of likely N-dealkylation sites (tertiary alicyclic amines) is 1. The molecule has 1 aromatic carbocycles. The number of nitrogens with one attached hydrogen (secondary N) is 1. The van der Waals surface area contributed by atoms with Gasteiger partial charge in [0.2, 0.25) is 0 Å². The van der Waals surface area contributed by atoms with Crippen LogP contribution in [-0.4, -0.2) is 36.6 Å². The zero-order valence-corrected chi connectivity index (χ0v) is 13.6. The molecular weight excluding hydrogens is 256 g/mol. The fourth-order valence-electron chi connectivity index (χ4n) is 3.97. The fraction of sp³-hybridized carbons (Fsp3) is 0.684. The Kier molecular flexibility index (Phi) is 4.97. The van der Waals surface area contributed by atoms with E-state index >= 15 is 0 Å². The molecule has 0 bridgehead atoms. The monoisotopic (exact) mass is 286 g/mol. The van der Waals surface area contributed by atoms with Crippen molar-refractivity contribution in [1.82, 2.24) is 10.2 Å². The number of fused-ring (bicyclic) bond motifs is 1. The molecule has 1 saturated heterocycles. The van der Waals surface area contributed by atoms with E-state index in [0.29, 0.717) is 6.04 Å². The predicted molar refractivity (Wildman–Crippen MR) is 89.7 cm³/mol. The van der Waals surface area contributed by atoms with Gasteiger partial charge >= 0.3 is 0 Å². The van der Waals surface area contributed by atoms with E-state index in [4.69, 9.17) is 0 Å². The number of hydrogen-bond acceptors (Lipinski definition) is 2. The minimum Gasteiger partial charge on any atom is -0.311 e. The topological polar surface area (TPSA) is 15.3 Å². The second-order valence-electron chi connectivity index (χ2n) is 7.34. The normalized spacial score (nSPS) is 24.2. The van der Waals surface area contributed by atoms with Gasteiger partial charge in [0.1, 0.15) is 0 Å². The maximum absolute atomic E-state index is 3.95. The second-order valence-corrected chi connectivity index (χ2v) is 7.34. The van der Waals surface area contributed by atoms with Gasteiger partial charge in [0.15, 0.2) is 0 Å². The van der Waals surface area contributed by atoms with Crippen LogP contribution in [0.4, 0.5) is 0 Å². The molecule has 1 aliphatic heterocycles. The van der Waals surface area contributed by atoms with Crippen molar-refractivity contribution in [2.45, 2.75) is 58.0 Å². The number of rotatable bonds is 4. The first-order chi connectivity index (χ1) is 10.2. The summed E-state index contributed by atoms with van der Waals surface area (Å²) in [5.41, 5.74) is 3.14. The summed E-state index contributed by atoms with van der Waals surface area (Å²) in [5, 5.41) is 3.95. The largest absolute Gasteiger partial charge is 0.311 e. The highest BCUT2D eigenvalue weighted by Gasteiger charge is 2.24. The lowest BCUT2D eigenvalue weighted by atomic mass is 9.87. The molecule has 2 heteroatoms. The van der Waals surface area contributed by atoms with Crippen LogP contribution < -0.4 is 5.32 Å². The van der Waals surface area contributed by atoms with E-state index in [2.05, 4.69) is 48.3 Å². The highest BCUT2D eigenvalue weighted by Crippen LogP contribution is 2.22. The van der Waals surface area contributed by atoms with E-state index in [1.54, 1.807) is 11.1 Å². The Balaban J connectivity index is 1.46. The molecule has 1 N–H and O–H groups in total. The lowest BCUT2D eigenvalue weighted by Crippen LogP contribution is -2.48. The van der Waals surface area contributed by atoms with Crippen molar-refractivity contribution in [1.29, 1.82) is 0 Å². The molecule has 2 aliphatic rings. The minimum atomic E-state index is 0.696. The molecule has 2 nitrogen and oxygen atoms in total. The lowest BCUT2D eigenvalue weighted by molar-refractivity contribution is 0.172.